The van der Waals surface area contributed by atoms with Gasteiger partial charge in [-0.25, -0.2) is 4.98 Å². The first-order chi connectivity index (χ1) is 12.2. The molecule has 0 aromatic carbocycles. The fourth-order valence-corrected chi connectivity index (χ4v) is 3.73. The molecule has 1 saturated heterocycles. The third kappa shape index (κ3) is 3.57. The van der Waals surface area contributed by atoms with E-state index in [-0.39, 0.29) is 11.8 Å². The molecule has 1 aliphatic heterocycles. The highest BCUT2D eigenvalue weighted by molar-refractivity contribution is 5.79. The number of hydrogen-bond donors (Lipinski definition) is 0. The second kappa shape index (κ2) is 7.76. The van der Waals surface area contributed by atoms with Crippen molar-refractivity contribution in [2.75, 3.05) is 13.1 Å². The van der Waals surface area contributed by atoms with E-state index in [1.807, 2.05) is 22.7 Å². The Bertz CT molecular complexity index is 722. The standard InChI is InChI=1S/C19H27N5O/c1-4-14(5-2)19(25)24-10-6-7-15(12-24)17-18(22-9-8-21-17)16-11-20-13-23(16)3/h8-9,11,13-15H,4-7,10,12H2,1-3H3. The van der Waals surface area contributed by atoms with Crippen molar-refractivity contribution >= 4 is 5.91 Å². The zero-order valence-corrected chi connectivity index (χ0v) is 15.4. The van der Waals surface area contributed by atoms with E-state index in [4.69, 9.17) is 0 Å². The molecule has 134 valence electrons. The molecule has 0 aliphatic carbocycles. The van der Waals surface area contributed by atoms with E-state index in [0.717, 1.165) is 55.9 Å². The monoisotopic (exact) mass is 341 g/mol. The van der Waals surface area contributed by atoms with Crippen LogP contribution in [0.5, 0.6) is 0 Å². The van der Waals surface area contributed by atoms with Gasteiger partial charge in [0, 0.05) is 44.4 Å². The van der Waals surface area contributed by atoms with Gasteiger partial charge in [0.15, 0.2) is 0 Å². The van der Waals surface area contributed by atoms with E-state index >= 15 is 0 Å². The van der Waals surface area contributed by atoms with E-state index in [2.05, 4.69) is 28.8 Å². The number of aryl methyl sites for hydroxylation is 1. The Labute approximate surface area is 149 Å². The molecule has 0 N–H and O–H groups in total. The Hall–Kier alpha value is -2.24. The summed E-state index contributed by atoms with van der Waals surface area (Å²) in [7, 11) is 1.96. The Balaban J connectivity index is 1.85. The lowest BCUT2D eigenvalue weighted by Gasteiger charge is -2.35. The van der Waals surface area contributed by atoms with E-state index in [1.165, 1.54) is 0 Å². The Morgan fingerprint density at radius 2 is 2.04 bits per heavy atom. The number of likely N-dealkylation sites (tertiary alicyclic amines) is 1. The molecule has 0 bridgehead atoms. The molecule has 1 unspecified atom stereocenters. The van der Waals surface area contributed by atoms with Crippen molar-refractivity contribution in [2.45, 2.75) is 45.4 Å². The summed E-state index contributed by atoms with van der Waals surface area (Å²) < 4.78 is 1.96. The number of carbonyl (C=O) groups is 1. The lowest BCUT2D eigenvalue weighted by atomic mass is 9.91. The number of rotatable bonds is 5. The molecular weight excluding hydrogens is 314 g/mol. The molecule has 2 aromatic rings. The quantitative estimate of drug-likeness (QED) is 0.838. The largest absolute Gasteiger partial charge is 0.342 e. The summed E-state index contributed by atoms with van der Waals surface area (Å²) in [5, 5.41) is 0. The highest BCUT2D eigenvalue weighted by Crippen LogP contribution is 2.32. The third-order valence-corrected chi connectivity index (χ3v) is 5.24. The van der Waals surface area contributed by atoms with Gasteiger partial charge in [-0.05, 0) is 25.7 Å². The van der Waals surface area contributed by atoms with Crippen LogP contribution in [-0.4, -0.2) is 43.4 Å². The lowest BCUT2D eigenvalue weighted by Crippen LogP contribution is -2.42. The summed E-state index contributed by atoms with van der Waals surface area (Å²) in [4.78, 5) is 28.2. The van der Waals surface area contributed by atoms with Crippen LogP contribution in [0.25, 0.3) is 11.4 Å². The van der Waals surface area contributed by atoms with E-state index in [0.29, 0.717) is 5.91 Å². The van der Waals surface area contributed by atoms with Crippen LogP contribution in [0.1, 0.15) is 51.1 Å². The maximum atomic E-state index is 12.8. The average Bonchev–Trinajstić information content (AvgIpc) is 3.08. The first kappa shape index (κ1) is 17.6. The predicted molar refractivity (Wildman–Crippen MR) is 96.9 cm³/mol. The molecule has 6 nitrogen and oxygen atoms in total. The van der Waals surface area contributed by atoms with Crippen molar-refractivity contribution in [3.05, 3.63) is 30.6 Å². The van der Waals surface area contributed by atoms with Gasteiger partial charge in [0.2, 0.25) is 5.91 Å². The van der Waals surface area contributed by atoms with Gasteiger partial charge in [0.05, 0.1) is 23.9 Å². The van der Waals surface area contributed by atoms with Crippen LogP contribution >= 0.6 is 0 Å². The van der Waals surface area contributed by atoms with Gasteiger partial charge < -0.3 is 9.47 Å². The highest BCUT2D eigenvalue weighted by Gasteiger charge is 2.30. The molecule has 1 amide bonds. The second-order valence-electron chi connectivity index (χ2n) is 6.82. The molecular formula is C19H27N5O. The van der Waals surface area contributed by atoms with Crippen LogP contribution in [0, 0.1) is 5.92 Å². The molecule has 1 aliphatic rings. The van der Waals surface area contributed by atoms with E-state index < -0.39 is 0 Å². The van der Waals surface area contributed by atoms with Crippen molar-refractivity contribution in [1.82, 2.24) is 24.4 Å². The molecule has 6 heteroatoms. The number of amides is 1. The highest BCUT2D eigenvalue weighted by atomic mass is 16.2. The molecule has 0 radical (unpaired) electrons. The molecule has 1 atom stereocenters. The number of aromatic nitrogens is 4. The fraction of sp³-hybridized carbons (Fsp3) is 0.579. The normalized spacial score (nSPS) is 17.9. The molecule has 2 aromatic heterocycles. The average molecular weight is 341 g/mol. The summed E-state index contributed by atoms with van der Waals surface area (Å²) in [6.07, 6.45) is 10.9. The smallest absolute Gasteiger partial charge is 0.225 e. The third-order valence-electron chi connectivity index (χ3n) is 5.24. The summed E-state index contributed by atoms with van der Waals surface area (Å²) in [6.45, 7) is 5.78. The van der Waals surface area contributed by atoms with E-state index in [9.17, 15) is 4.79 Å². The summed E-state index contributed by atoms with van der Waals surface area (Å²) in [5.74, 6) is 0.656. The first-order valence-electron chi connectivity index (χ1n) is 9.22. The number of hydrogen-bond acceptors (Lipinski definition) is 4. The van der Waals surface area contributed by atoms with Gasteiger partial charge >= 0.3 is 0 Å². The van der Waals surface area contributed by atoms with Crippen molar-refractivity contribution in [3.8, 4) is 11.4 Å². The Morgan fingerprint density at radius 3 is 2.72 bits per heavy atom. The maximum Gasteiger partial charge on any atom is 0.225 e. The summed E-state index contributed by atoms with van der Waals surface area (Å²) >= 11 is 0. The van der Waals surface area contributed by atoms with Gasteiger partial charge in [-0.3, -0.25) is 14.8 Å². The minimum absolute atomic E-state index is 0.136. The first-order valence-corrected chi connectivity index (χ1v) is 9.22. The topological polar surface area (TPSA) is 63.9 Å². The number of nitrogens with zero attached hydrogens (tertiary/aromatic N) is 5. The van der Waals surface area contributed by atoms with Crippen molar-refractivity contribution in [3.63, 3.8) is 0 Å². The van der Waals surface area contributed by atoms with Crippen LogP contribution in [0.4, 0.5) is 0 Å². The molecule has 0 saturated carbocycles. The van der Waals surface area contributed by atoms with Gasteiger partial charge in [-0.1, -0.05) is 13.8 Å². The molecule has 1 fully saturated rings. The number of carbonyl (C=O) groups excluding carboxylic acids is 1. The number of piperidine rings is 1. The summed E-state index contributed by atoms with van der Waals surface area (Å²) in [6, 6.07) is 0. The fourth-order valence-electron chi connectivity index (χ4n) is 3.73. The second-order valence-corrected chi connectivity index (χ2v) is 6.82. The van der Waals surface area contributed by atoms with Crippen molar-refractivity contribution in [1.29, 1.82) is 0 Å². The zero-order chi connectivity index (χ0) is 17.8. The van der Waals surface area contributed by atoms with Gasteiger partial charge in [0.1, 0.15) is 5.69 Å². The Kier molecular flexibility index (Phi) is 5.46. The number of imidazole rings is 1. The molecule has 0 spiro atoms. The van der Waals surface area contributed by atoms with Crippen molar-refractivity contribution < 1.29 is 4.79 Å². The molecule has 3 rings (SSSR count). The van der Waals surface area contributed by atoms with Crippen LogP contribution in [0.15, 0.2) is 24.9 Å². The minimum Gasteiger partial charge on any atom is -0.342 e. The van der Waals surface area contributed by atoms with Crippen LogP contribution in [0.3, 0.4) is 0 Å². The van der Waals surface area contributed by atoms with Crippen LogP contribution in [0.2, 0.25) is 0 Å². The minimum atomic E-state index is 0.136. The van der Waals surface area contributed by atoms with Gasteiger partial charge in [-0.15, -0.1) is 0 Å². The predicted octanol–water partition coefficient (Wildman–Crippen LogP) is 3.02. The SMILES string of the molecule is CCC(CC)C(=O)N1CCCC(c2nccnc2-c2cncn2C)C1. The van der Waals surface area contributed by atoms with Crippen LogP contribution in [-0.2, 0) is 11.8 Å². The zero-order valence-electron chi connectivity index (χ0n) is 15.4. The Morgan fingerprint density at radius 1 is 1.28 bits per heavy atom. The molecule has 25 heavy (non-hydrogen) atoms. The van der Waals surface area contributed by atoms with Crippen molar-refractivity contribution in [2.24, 2.45) is 13.0 Å². The summed E-state index contributed by atoms with van der Waals surface area (Å²) in [5.41, 5.74) is 2.82. The lowest BCUT2D eigenvalue weighted by molar-refractivity contribution is -0.137. The van der Waals surface area contributed by atoms with Gasteiger partial charge in [0.25, 0.3) is 0 Å². The maximum absolute atomic E-state index is 12.8. The molecule has 3 heterocycles. The van der Waals surface area contributed by atoms with Gasteiger partial charge in [-0.2, -0.15) is 0 Å². The van der Waals surface area contributed by atoms with Crippen LogP contribution < -0.4 is 0 Å². The van der Waals surface area contributed by atoms with E-state index in [1.54, 1.807) is 18.7 Å².